The van der Waals surface area contributed by atoms with E-state index in [2.05, 4.69) is 4.74 Å². The van der Waals surface area contributed by atoms with E-state index < -0.39 is 23.4 Å². The fraction of sp³-hybridized carbons (Fsp3) is 0.308. The molecule has 0 radical (unpaired) electrons. The Hall–Kier alpha value is -1.73. The number of rotatable bonds is 2. The number of amides is 3. The van der Waals surface area contributed by atoms with Crippen LogP contribution in [0.4, 0.5) is 10.5 Å². The Kier molecular flexibility index (Phi) is 3.54. The van der Waals surface area contributed by atoms with Gasteiger partial charge in [0.15, 0.2) is 5.37 Å². The first-order valence-electron chi connectivity index (χ1n) is 6.16. The van der Waals surface area contributed by atoms with Crippen molar-refractivity contribution >= 4 is 47.0 Å². The third-order valence-corrected chi connectivity index (χ3v) is 4.87. The number of imide groups is 1. The molecular weight excluding hydrogens is 316 g/mol. The largest absolute Gasteiger partial charge is 0.467 e. The summed E-state index contributed by atoms with van der Waals surface area (Å²) >= 11 is 7.13. The van der Waals surface area contributed by atoms with E-state index in [0.29, 0.717) is 16.5 Å². The molecule has 6 nitrogen and oxygen atoms in total. The van der Waals surface area contributed by atoms with E-state index in [4.69, 9.17) is 11.6 Å². The number of urea groups is 1. The van der Waals surface area contributed by atoms with E-state index in [1.165, 1.54) is 23.8 Å². The summed E-state index contributed by atoms with van der Waals surface area (Å²) < 4.78 is 4.68. The van der Waals surface area contributed by atoms with Crippen LogP contribution in [0, 0.1) is 0 Å². The number of anilines is 1. The zero-order valence-corrected chi connectivity index (χ0v) is 12.6. The molecule has 0 N–H and O–H groups in total. The molecular formula is C13H11ClN2O4S. The Morgan fingerprint density at radius 1 is 1.43 bits per heavy atom. The van der Waals surface area contributed by atoms with Gasteiger partial charge in [-0.05, 0) is 18.2 Å². The van der Waals surface area contributed by atoms with Gasteiger partial charge in [0.05, 0.1) is 12.8 Å². The first kappa shape index (κ1) is 14.2. The second kappa shape index (κ2) is 5.23. The van der Waals surface area contributed by atoms with Crippen molar-refractivity contribution in [1.82, 2.24) is 4.90 Å². The van der Waals surface area contributed by atoms with Gasteiger partial charge in [0, 0.05) is 10.8 Å². The summed E-state index contributed by atoms with van der Waals surface area (Å²) in [5.41, 5.74) is 0.403. The third kappa shape index (κ3) is 2.16. The minimum atomic E-state index is -0.777. The second-order valence-corrected chi connectivity index (χ2v) is 6.12. The Morgan fingerprint density at radius 3 is 2.86 bits per heavy atom. The van der Waals surface area contributed by atoms with Crippen LogP contribution in [0.15, 0.2) is 24.3 Å². The molecule has 0 spiro atoms. The number of hydrogen-bond donors (Lipinski definition) is 0. The van der Waals surface area contributed by atoms with Crippen LogP contribution in [0.25, 0.3) is 0 Å². The van der Waals surface area contributed by atoms with Crippen molar-refractivity contribution in [2.45, 2.75) is 11.4 Å². The van der Waals surface area contributed by atoms with Crippen molar-refractivity contribution in [3.8, 4) is 0 Å². The minimum Gasteiger partial charge on any atom is -0.467 e. The van der Waals surface area contributed by atoms with Gasteiger partial charge in [0.25, 0.3) is 5.91 Å². The number of halogens is 1. The highest BCUT2D eigenvalue weighted by Gasteiger charge is 2.55. The topological polar surface area (TPSA) is 66.9 Å². The minimum absolute atomic E-state index is 0.346. The summed E-state index contributed by atoms with van der Waals surface area (Å²) in [6.45, 7) is 0. The molecule has 0 aliphatic carbocycles. The predicted molar refractivity (Wildman–Crippen MR) is 78.2 cm³/mol. The van der Waals surface area contributed by atoms with Crippen LogP contribution in [0.5, 0.6) is 0 Å². The number of hydrogen-bond acceptors (Lipinski definition) is 5. The standard InChI is InChI=1S/C13H11ClN2O4S/c1-20-12(18)11-16-9(6-21-11)10(17)15(13(16)19)8-4-2-3-7(14)5-8/h2-5,9,11H,6H2,1H3/t9-,11+/m0/s1. The summed E-state index contributed by atoms with van der Waals surface area (Å²) in [6.07, 6.45) is 0. The molecule has 3 rings (SSSR count). The smallest absolute Gasteiger partial charge is 0.339 e. The predicted octanol–water partition coefficient (Wildman–Crippen LogP) is 1.72. The molecule has 1 aromatic rings. The molecule has 0 saturated carbocycles. The molecule has 0 unspecified atom stereocenters. The highest BCUT2D eigenvalue weighted by atomic mass is 35.5. The van der Waals surface area contributed by atoms with Crippen LogP contribution in [-0.2, 0) is 14.3 Å². The monoisotopic (exact) mass is 326 g/mol. The van der Waals surface area contributed by atoms with Gasteiger partial charge in [-0.15, -0.1) is 11.8 Å². The third-order valence-electron chi connectivity index (χ3n) is 3.39. The molecule has 2 heterocycles. The van der Waals surface area contributed by atoms with E-state index in [1.807, 2.05) is 0 Å². The molecule has 8 heteroatoms. The fourth-order valence-electron chi connectivity index (χ4n) is 2.42. The maximum atomic E-state index is 12.5. The van der Waals surface area contributed by atoms with E-state index in [9.17, 15) is 14.4 Å². The van der Waals surface area contributed by atoms with Crippen molar-refractivity contribution < 1.29 is 19.1 Å². The number of fused-ring (bicyclic) bond motifs is 1. The van der Waals surface area contributed by atoms with E-state index in [-0.39, 0.29) is 5.91 Å². The normalized spacial score (nSPS) is 24.5. The van der Waals surface area contributed by atoms with Crippen LogP contribution in [0.3, 0.4) is 0 Å². The summed E-state index contributed by atoms with van der Waals surface area (Å²) in [5, 5.41) is -0.348. The Bertz CT molecular complexity index is 638. The van der Waals surface area contributed by atoms with Crippen molar-refractivity contribution in [3.05, 3.63) is 29.3 Å². The second-order valence-electron chi connectivity index (χ2n) is 4.57. The van der Waals surface area contributed by atoms with Gasteiger partial charge in [0.1, 0.15) is 6.04 Å². The van der Waals surface area contributed by atoms with Crippen molar-refractivity contribution in [3.63, 3.8) is 0 Å². The van der Waals surface area contributed by atoms with Crippen molar-refractivity contribution in [2.24, 2.45) is 0 Å². The first-order chi connectivity index (χ1) is 10.0. The van der Waals surface area contributed by atoms with Gasteiger partial charge in [-0.1, -0.05) is 17.7 Å². The van der Waals surface area contributed by atoms with E-state index >= 15 is 0 Å². The molecule has 21 heavy (non-hydrogen) atoms. The van der Waals surface area contributed by atoms with Gasteiger partial charge in [0.2, 0.25) is 0 Å². The van der Waals surface area contributed by atoms with Gasteiger partial charge >= 0.3 is 12.0 Å². The SMILES string of the molecule is COC(=O)[C@H]1SC[C@H]2C(=O)N(c3cccc(Cl)c3)C(=O)N12. The maximum Gasteiger partial charge on any atom is 0.339 e. The number of ether oxygens (including phenoxy) is 1. The van der Waals surface area contributed by atoms with Gasteiger partial charge in [-0.3, -0.25) is 9.69 Å². The van der Waals surface area contributed by atoms with Crippen LogP contribution >= 0.6 is 23.4 Å². The highest BCUT2D eigenvalue weighted by Crippen LogP contribution is 2.38. The summed E-state index contributed by atoms with van der Waals surface area (Å²) in [6, 6.07) is 5.33. The molecule has 110 valence electrons. The summed E-state index contributed by atoms with van der Waals surface area (Å²) in [5.74, 6) is -0.501. The number of esters is 1. The number of benzene rings is 1. The zero-order chi connectivity index (χ0) is 15.1. The summed E-state index contributed by atoms with van der Waals surface area (Å²) in [4.78, 5) is 39.0. The number of nitrogens with zero attached hydrogens (tertiary/aromatic N) is 2. The lowest BCUT2D eigenvalue weighted by atomic mass is 10.2. The van der Waals surface area contributed by atoms with Crippen molar-refractivity contribution in [1.29, 1.82) is 0 Å². The average Bonchev–Trinajstić information content (AvgIpc) is 3.00. The first-order valence-corrected chi connectivity index (χ1v) is 7.58. The molecule has 2 aliphatic heterocycles. The number of thioether (sulfide) groups is 1. The fourth-order valence-corrected chi connectivity index (χ4v) is 3.91. The van der Waals surface area contributed by atoms with Gasteiger partial charge < -0.3 is 4.74 Å². The molecule has 0 aromatic heterocycles. The maximum absolute atomic E-state index is 12.5. The van der Waals surface area contributed by atoms with Crippen molar-refractivity contribution in [2.75, 3.05) is 17.8 Å². The quantitative estimate of drug-likeness (QED) is 0.611. The lowest BCUT2D eigenvalue weighted by Gasteiger charge is -2.20. The van der Waals surface area contributed by atoms with Crippen LogP contribution in [0.2, 0.25) is 5.02 Å². The Morgan fingerprint density at radius 2 is 2.19 bits per heavy atom. The van der Waals surface area contributed by atoms with Crippen LogP contribution < -0.4 is 4.90 Å². The zero-order valence-electron chi connectivity index (χ0n) is 11.0. The molecule has 2 aliphatic rings. The van der Waals surface area contributed by atoms with Gasteiger partial charge in [-0.25, -0.2) is 14.5 Å². The van der Waals surface area contributed by atoms with Crippen LogP contribution in [-0.4, -0.2) is 47.1 Å². The number of carbonyl (C=O) groups excluding carboxylic acids is 3. The van der Waals surface area contributed by atoms with E-state index in [1.54, 1.807) is 24.3 Å². The lowest BCUT2D eigenvalue weighted by Crippen LogP contribution is -2.41. The van der Waals surface area contributed by atoms with Gasteiger partial charge in [-0.2, -0.15) is 0 Å². The molecule has 3 amide bonds. The average molecular weight is 327 g/mol. The number of methoxy groups -OCH3 is 1. The summed E-state index contributed by atoms with van der Waals surface area (Å²) in [7, 11) is 1.26. The lowest BCUT2D eigenvalue weighted by molar-refractivity contribution is -0.142. The molecule has 0 bridgehead atoms. The van der Waals surface area contributed by atoms with E-state index in [0.717, 1.165) is 4.90 Å². The molecule has 1 aromatic carbocycles. The molecule has 2 saturated heterocycles. The van der Waals surface area contributed by atoms with Crippen LogP contribution in [0.1, 0.15) is 0 Å². The molecule has 2 atom stereocenters. The Balaban J connectivity index is 1.95. The number of carbonyl (C=O) groups is 3. The highest BCUT2D eigenvalue weighted by molar-refractivity contribution is 8.00. The Labute approximate surface area is 130 Å². The molecule has 2 fully saturated rings.